The molecule has 3 aromatic rings. The van der Waals surface area contributed by atoms with Crippen molar-refractivity contribution in [2.24, 2.45) is 0 Å². The van der Waals surface area contributed by atoms with Crippen LogP contribution in [-0.2, 0) is 9.53 Å². The van der Waals surface area contributed by atoms with Crippen molar-refractivity contribution in [2.45, 2.75) is 37.1 Å². The van der Waals surface area contributed by atoms with Crippen LogP contribution < -0.4 is 10.6 Å². The number of carboxylic acid groups (broad SMARTS) is 1. The number of hydrogen-bond acceptors (Lipinski definition) is 4. The lowest BCUT2D eigenvalue weighted by molar-refractivity contribution is -0.122. The Balaban J connectivity index is 1.30. The summed E-state index contributed by atoms with van der Waals surface area (Å²) in [6, 6.07) is 22.4. The van der Waals surface area contributed by atoms with Gasteiger partial charge in [0.05, 0.1) is 11.3 Å². The quantitative estimate of drug-likeness (QED) is 0.461. The lowest BCUT2D eigenvalue weighted by Crippen LogP contribution is -2.55. The number of carboxylic acids is 1. The zero-order valence-electron chi connectivity index (χ0n) is 19.1. The third-order valence-corrected chi connectivity index (χ3v) is 6.98. The van der Waals surface area contributed by atoms with Crippen LogP contribution in [0.15, 0.2) is 72.8 Å². The summed E-state index contributed by atoms with van der Waals surface area (Å²) in [5, 5.41) is 15.0. The molecular weight excluding hydrogens is 444 g/mol. The monoisotopic (exact) mass is 470 g/mol. The Bertz CT molecular complexity index is 1250. The van der Waals surface area contributed by atoms with E-state index in [4.69, 9.17) is 4.74 Å². The van der Waals surface area contributed by atoms with Gasteiger partial charge in [0, 0.05) is 5.92 Å². The number of anilines is 1. The number of amides is 2. The van der Waals surface area contributed by atoms with Crippen molar-refractivity contribution in [1.82, 2.24) is 5.32 Å². The van der Waals surface area contributed by atoms with Crippen molar-refractivity contribution in [3.63, 3.8) is 0 Å². The second kappa shape index (κ2) is 9.25. The van der Waals surface area contributed by atoms with Gasteiger partial charge in [0.15, 0.2) is 0 Å². The molecule has 0 heterocycles. The molecule has 0 aromatic heterocycles. The molecule has 0 atom stereocenters. The van der Waals surface area contributed by atoms with Crippen molar-refractivity contribution < 1.29 is 24.2 Å². The maximum absolute atomic E-state index is 13.3. The highest BCUT2D eigenvalue weighted by Crippen LogP contribution is 2.44. The predicted molar refractivity (Wildman–Crippen MR) is 131 cm³/mol. The summed E-state index contributed by atoms with van der Waals surface area (Å²) < 4.78 is 5.66. The molecule has 178 valence electrons. The van der Waals surface area contributed by atoms with Crippen LogP contribution in [0.25, 0.3) is 11.1 Å². The van der Waals surface area contributed by atoms with Gasteiger partial charge in [-0.2, -0.15) is 0 Å². The third kappa shape index (κ3) is 4.25. The molecule has 0 bridgehead atoms. The highest BCUT2D eigenvalue weighted by molar-refractivity contribution is 6.04. The molecule has 0 spiro atoms. The molecule has 2 aliphatic rings. The van der Waals surface area contributed by atoms with Crippen molar-refractivity contribution >= 4 is 23.7 Å². The van der Waals surface area contributed by atoms with Gasteiger partial charge in [-0.1, -0.05) is 73.5 Å². The molecule has 1 fully saturated rings. The number of benzene rings is 3. The predicted octanol–water partition coefficient (Wildman–Crippen LogP) is 5.17. The molecule has 0 saturated heterocycles. The van der Waals surface area contributed by atoms with E-state index < -0.39 is 23.5 Å². The standard InChI is InChI=1S/C28H26N2O5/c31-25(32)22-13-5-6-14-24(22)29-26(33)28(15-7-8-16-28)30-27(34)35-17-23-20-11-3-1-9-18(20)19-10-2-4-12-21(19)23/h1-6,9-14,23H,7-8,15-17H2,(H,29,33)(H,30,34)(H,31,32). The molecule has 2 amide bonds. The summed E-state index contributed by atoms with van der Waals surface area (Å²) in [7, 11) is 0. The van der Waals surface area contributed by atoms with Crippen LogP contribution in [0.1, 0.15) is 53.1 Å². The van der Waals surface area contributed by atoms with Crippen LogP contribution in [-0.4, -0.2) is 35.2 Å². The van der Waals surface area contributed by atoms with Gasteiger partial charge in [-0.3, -0.25) is 4.79 Å². The van der Waals surface area contributed by atoms with Gasteiger partial charge in [-0.15, -0.1) is 0 Å². The fourth-order valence-corrected chi connectivity index (χ4v) is 5.24. The summed E-state index contributed by atoms with van der Waals surface area (Å²) in [6.45, 7) is 0.152. The molecule has 0 radical (unpaired) electrons. The molecule has 5 rings (SSSR count). The second-order valence-electron chi connectivity index (χ2n) is 9.04. The van der Waals surface area contributed by atoms with E-state index in [0.717, 1.165) is 35.1 Å². The number of rotatable bonds is 6. The van der Waals surface area contributed by atoms with Gasteiger partial charge >= 0.3 is 12.1 Å². The first-order valence-corrected chi connectivity index (χ1v) is 11.8. The first-order chi connectivity index (χ1) is 17.0. The number of aromatic carboxylic acids is 1. The molecule has 0 aliphatic heterocycles. The van der Waals surface area contributed by atoms with Crippen molar-refractivity contribution in [3.05, 3.63) is 89.5 Å². The highest BCUT2D eigenvalue weighted by atomic mass is 16.5. The van der Waals surface area contributed by atoms with E-state index in [0.29, 0.717) is 12.8 Å². The topological polar surface area (TPSA) is 105 Å². The van der Waals surface area contributed by atoms with E-state index in [1.54, 1.807) is 12.1 Å². The van der Waals surface area contributed by atoms with E-state index in [1.165, 1.54) is 12.1 Å². The molecule has 35 heavy (non-hydrogen) atoms. The van der Waals surface area contributed by atoms with E-state index >= 15 is 0 Å². The maximum Gasteiger partial charge on any atom is 0.408 e. The van der Waals surface area contributed by atoms with E-state index in [2.05, 4.69) is 22.8 Å². The number of carbonyl (C=O) groups excluding carboxylic acids is 2. The van der Waals surface area contributed by atoms with Crippen molar-refractivity contribution in [1.29, 1.82) is 0 Å². The minimum absolute atomic E-state index is 0.00450. The van der Waals surface area contributed by atoms with Crippen LogP contribution in [0.5, 0.6) is 0 Å². The fourth-order valence-electron chi connectivity index (χ4n) is 5.24. The lowest BCUT2D eigenvalue weighted by atomic mass is 9.96. The molecule has 7 nitrogen and oxygen atoms in total. The third-order valence-electron chi connectivity index (χ3n) is 6.98. The average molecular weight is 471 g/mol. The average Bonchev–Trinajstić information content (AvgIpc) is 3.46. The van der Waals surface area contributed by atoms with E-state index in [-0.39, 0.29) is 23.8 Å². The van der Waals surface area contributed by atoms with Gasteiger partial charge in [0.2, 0.25) is 5.91 Å². The molecule has 3 aromatic carbocycles. The van der Waals surface area contributed by atoms with E-state index in [1.807, 2.05) is 36.4 Å². The van der Waals surface area contributed by atoms with Crippen molar-refractivity contribution in [2.75, 3.05) is 11.9 Å². The van der Waals surface area contributed by atoms with Gasteiger partial charge in [-0.05, 0) is 47.2 Å². The Morgan fingerprint density at radius 2 is 1.43 bits per heavy atom. The number of carbonyl (C=O) groups is 3. The Kier molecular flexibility index (Phi) is 5.99. The second-order valence-corrected chi connectivity index (χ2v) is 9.04. The van der Waals surface area contributed by atoms with Crippen LogP contribution in [0.4, 0.5) is 10.5 Å². The Labute approximate surface area is 203 Å². The number of alkyl carbamates (subject to hydrolysis) is 1. The summed E-state index contributed by atoms with van der Waals surface area (Å²) in [5.41, 5.74) is 3.55. The summed E-state index contributed by atoms with van der Waals surface area (Å²) in [6.07, 6.45) is 1.81. The maximum atomic E-state index is 13.3. The summed E-state index contributed by atoms with van der Waals surface area (Å²) >= 11 is 0. The lowest BCUT2D eigenvalue weighted by Gasteiger charge is -2.29. The molecule has 7 heteroatoms. The van der Waals surface area contributed by atoms with Gasteiger partial charge in [-0.25, -0.2) is 9.59 Å². The van der Waals surface area contributed by atoms with Crippen LogP contribution in [0.2, 0.25) is 0 Å². The summed E-state index contributed by atoms with van der Waals surface area (Å²) in [5.74, 6) is -1.65. The van der Waals surface area contributed by atoms with Crippen LogP contribution >= 0.6 is 0 Å². The van der Waals surface area contributed by atoms with E-state index in [9.17, 15) is 19.5 Å². The first-order valence-electron chi connectivity index (χ1n) is 11.8. The molecular formula is C28H26N2O5. The number of fused-ring (bicyclic) bond motifs is 3. The zero-order chi connectivity index (χ0) is 24.4. The number of hydrogen-bond donors (Lipinski definition) is 3. The fraction of sp³-hybridized carbons (Fsp3) is 0.250. The molecule has 0 unspecified atom stereocenters. The smallest absolute Gasteiger partial charge is 0.408 e. The Hall–Kier alpha value is -4.13. The molecule has 2 aliphatic carbocycles. The zero-order valence-corrected chi connectivity index (χ0v) is 19.1. The van der Waals surface area contributed by atoms with Gasteiger partial charge < -0.3 is 20.5 Å². The first kappa shape index (κ1) is 22.7. The number of para-hydroxylation sites is 1. The van der Waals surface area contributed by atoms with Gasteiger partial charge in [0.1, 0.15) is 12.1 Å². The van der Waals surface area contributed by atoms with Crippen LogP contribution in [0.3, 0.4) is 0 Å². The summed E-state index contributed by atoms with van der Waals surface area (Å²) in [4.78, 5) is 37.7. The Morgan fingerprint density at radius 1 is 0.857 bits per heavy atom. The molecule has 3 N–H and O–H groups in total. The normalized spacial score (nSPS) is 15.7. The highest BCUT2D eigenvalue weighted by Gasteiger charge is 2.43. The largest absolute Gasteiger partial charge is 0.478 e. The SMILES string of the molecule is O=C(NC1(C(=O)Nc2ccccc2C(=O)O)CCCC1)OCC1c2ccccc2-c2ccccc21. The van der Waals surface area contributed by atoms with Crippen LogP contribution in [0, 0.1) is 0 Å². The Morgan fingerprint density at radius 3 is 2.06 bits per heavy atom. The minimum atomic E-state index is -1.14. The number of nitrogens with one attached hydrogen (secondary N) is 2. The minimum Gasteiger partial charge on any atom is -0.478 e. The van der Waals surface area contributed by atoms with Crippen molar-refractivity contribution in [3.8, 4) is 11.1 Å². The molecule has 1 saturated carbocycles. The number of ether oxygens (including phenoxy) is 1. The van der Waals surface area contributed by atoms with Gasteiger partial charge in [0.25, 0.3) is 0 Å².